The van der Waals surface area contributed by atoms with Crippen LogP contribution in [0.2, 0.25) is 0 Å². The molecule has 80 valence electrons. The van der Waals surface area contributed by atoms with Gasteiger partial charge in [0.05, 0.1) is 0 Å². The summed E-state index contributed by atoms with van der Waals surface area (Å²) >= 11 is 1.34. The van der Waals surface area contributed by atoms with Gasteiger partial charge in [0, 0.05) is 16.9 Å². The highest BCUT2D eigenvalue weighted by Gasteiger charge is 2.05. The van der Waals surface area contributed by atoms with Crippen LogP contribution in [0.4, 0.5) is 0 Å². The van der Waals surface area contributed by atoms with Crippen LogP contribution in [0.1, 0.15) is 40.5 Å². The number of hydrogen-bond donors (Lipinski definition) is 0. The molecule has 0 aliphatic carbocycles. The molecule has 2 nitrogen and oxygen atoms in total. The van der Waals surface area contributed by atoms with E-state index in [2.05, 4.69) is 6.92 Å². The molecule has 0 aliphatic heterocycles. The summed E-state index contributed by atoms with van der Waals surface area (Å²) in [5, 5.41) is 0.0842. The standard InChI is InChI=1S/C12H14O2S/c1-2-3-8-15-12(14)11-6-4-10(9-13)5-7-11/h4-7,9H,2-3,8H2,1H3. The Bertz CT molecular complexity index is 330. The molecule has 0 heterocycles. The summed E-state index contributed by atoms with van der Waals surface area (Å²) in [4.78, 5) is 22.0. The van der Waals surface area contributed by atoms with E-state index in [4.69, 9.17) is 0 Å². The van der Waals surface area contributed by atoms with E-state index in [-0.39, 0.29) is 5.12 Å². The number of rotatable bonds is 5. The number of unbranched alkanes of at least 4 members (excludes halogenated alkanes) is 1. The Morgan fingerprint density at radius 2 is 2.00 bits per heavy atom. The van der Waals surface area contributed by atoms with Crippen LogP contribution in [-0.4, -0.2) is 17.2 Å². The first kappa shape index (κ1) is 12.0. The minimum absolute atomic E-state index is 0.0842. The lowest BCUT2D eigenvalue weighted by atomic mass is 10.2. The zero-order valence-corrected chi connectivity index (χ0v) is 9.55. The molecule has 0 saturated heterocycles. The van der Waals surface area contributed by atoms with Gasteiger partial charge in [0.15, 0.2) is 0 Å². The van der Waals surface area contributed by atoms with Gasteiger partial charge in [-0.1, -0.05) is 37.2 Å². The van der Waals surface area contributed by atoms with E-state index in [1.807, 2.05) is 0 Å². The third-order valence-corrected chi connectivity index (χ3v) is 3.00. The van der Waals surface area contributed by atoms with Crippen LogP contribution < -0.4 is 0 Å². The lowest BCUT2D eigenvalue weighted by Crippen LogP contribution is -1.95. The normalized spacial score (nSPS) is 9.93. The van der Waals surface area contributed by atoms with Crippen molar-refractivity contribution in [1.82, 2.24) is 0 Å². The average Bonchev–Trinajstić information content (AvgIpc) is 2.29. The van der Waals surface area contributed by atoms with E-state index in [1.54, 1.807) is 24.3 Å². The van der Waals surface area contributed by atoms with Crippen LogP contribution in [0.15, 0.2) is 24.3 Å². The molecule has 0 bridgehead atoms. The second-order valence-corrected chi connectivity index (χ2v) is 4.30. The first-order chi connectivity index (χ1) is 7.27. The lowest BCUT2D eigenvalue weighted by Gasteiger charge is -2.00. The van der Waals surface area contributed by atoms with E-state index in [0.717, 1.165) is 24.9 Å². The summed E-state index contributed by atoms with van der Waals surface area (Å²) in [6.07, 6.45) is 2.94. The Morgan fingerprint density at radius 3 is 2.53 bits per heavy atom. The van der Waals surface area contributed by atoms with Crippen molar-refractivity contribution in [2.45, 2.75) is 19.8 Å². The molecule has 0 unspecified atom stereocenters. The van der Waals surface area contributed by atoms with Gasteiger partial charge in [-0.25, -0.2) is 0 Å². The second-order valence-electron chi connectivity index (χ2n) is 3.23. The van der Waals surface area contributed by atoms with Crippen LogP contribution in [0, 0.1) is 0 Å². The summed E-state index contributed by atoms with van der Waals surface area (Å²) < 4.78 is 0. The predicted octanol–water partition coefficient (Wildman–Crippen LogP) is 3.17. The maximum atomic E-state index is 11.6. The molecular formula is C12H14O2S. The predicted molar refractivity (Wildman–Crippen MR) is 63.5 cm³/mol. The van der Waals surface area contributed by atoms with Crippen molar-refractivity contribution in [3.63, 3.8) is 0 Å². The highest BCUT2D eigenvalue weighted by molar-refractivity contribution is 8.14. The second kappa shape index (κ2) is 6.40. The summed E-state index contributed by atoms with van der Waals surface area (Å²) in [5.41, 5.74) is 1.27. The van der Waals surface area contributed by atoms with E-state index in [0.29, 0.717) is 11.1 Å². The molecule has 0 aromatic heterocycles. The van der Waals surface area contributed by atoms with Gasteiger partial charge in [-0.05, 0) is 18.6 Å². The number of benzene rings is 1. The summed E-state index contributed by atoms with van der Waals surface area (Å²) in [5.74, 6) is 0.866. The summed E-state index contributed by atoms with van der Waals surface area (Å²) in [7, 11) is 0. The molecule has 0 aliphatic rings. The van der Waals surface area contributed by atoms with Gasteiger partial charge in [-0.15, -0.1) is 0 Å². The number of hydrogen-bond acceptors (Lipinski definition) is 3. The van der Waals surface area contributed by atoms with Crippen molar-refractivity contribution < 1.29 is 9.59 Å². The van der Waals surface area contributed by atoms with E-state index >= 15 is 0 Å². The van der Waals surface area contributed by atoms with Crippen LogP contribution in [0.25, 0.3) is 0 Å². The van der Waals surface area contributed by atoms with Gasteiger partial charge < -0.3 is 0 Å². The molecule has 0 radical (unpaired) electrons. The van der Waals surface area contributed by atoms with Crippen molar-refractivity contribution in [2.75, 3.05) is 5.75 Å². The van der Waals surface area contributed by atoms with Crippen molar-refractivity contribution in [3.05, 3.63) is 35.4 Å². The smallest absolute Gasteiger partial charge is 0.219 e. The fourth-order valence-corrected chi connectivity index (χ4v) is 2.01. The molecule has 0 fully saturated rings. The third-order valence-electron chi connectivity index (χ3n) is 2.01. The number of thioether (sulfide) groups is 1. The van der Waals surface area contributed by atoms with Crippen molar-refractivity contribution in [1.29, 1.82) is 0 Å². The monoisotopic (exact) mass is 222 g/mol. The average molecular weight is 222 g/mol. The minimum Gasteiger partial charge on any atom is -0.298 e. The van der Waals surface area contributed by atoms with E-state index in [9.17, 15) is 9.59 Å². The quantitative estimate of drug-likeness (QED) is 0.567. The van der Waals surface area contributed by atoms with Gasteiger partial charge >= 0.3 is 0 Å². The summed E-state index contributed by atoms with van der Waals surface area (Å²) in [6.45, 7) is 2.10. The fourth-order valence-electron chi connectivity index (χ4n) is 1.09. The minimum atomic E-state index is 0.0842. The summed E-state index contributed by atoms with van der Waals surface area (Å²) in [6, 6.07) is 6.73. The van der Waals surface area contributed by atoms with Crippen LogP contribution in [0.3, 0.4) is 0 Å². The Morgan fingerprint density at radius 1 is 1.33 bits per heavy atom. The zero-order chi connectivity index (χ0) is 11.1. The molecule has 0 amide bonds. The van der Waals surface area contributed by atoms with Crippen LogP contribution in [-0.2, 0) is 0 Å². The molecular weight excluding hydrogens is 208 g/mol. The van der Waals surface area contributed by atoms with E-state index < -0.39 is 0 Å². The fraction of sp³-hybridized carbons (Fsp3) is 0.333. The molecule has 0 N–H and O–H groups in total. The first-order valence-electron chi connectivity index (χ1n) is 5.00. The number of carbonyl (C=O) groups is 2. The highest BCUT2D eigenvalue weighted by Crippen LogP contribution is 2.14. The Hall–Kier alpha value is -1.09. The van der Waals surface area contributed by atoms with Crippen LogP contribution in [0.5, 0.6) is 0 Å². The Balaban J connectivity index is 2.54. The molecule has 0 atom stereocenters. The third kappa shape index (κ3) is 3.88. The van der Waals surface area contributed by atoms with Gasteiger partial charge in [0.25, 0.3) is 0 Å². The molecule has 0 spiro atoms. The zero-order valence-electron chi connectivity index (χ0n) is 8.73. The van der Waals surface area contributed by atoms with Gasteiger partial charge in [-0.3, -0.25) is 9.59 Å². The molecule has 1 rings (SSSR count). The van der Waals surface area contributed by atoms with Gasteiger partial charge in [0.1, 0.15) is 6.29 Å². The van der Waals surface area contributed by atoms with Crippen LogP contribution >= 0.6 is 11.8 Å². The molecule has 0 saturated carbocycles. The van der Waals surface area contributed by atoms with E-state index in [1.165, 1.54) is 11.8 Å². The Labute approximate surface area is 94.1 Å². The Kier molecular flexibility index (Phi) is 5.12. The van der Waals surface area contributed by atoms with Crippen molar-refractivity contribution in [2.24, 2.45) is 0 Å². The molecule has 15 heavy (non-hydrogen) atoms. The highest BCUT2D eigenvalue weighted by atomic mass is 32.2. The van der Waals surface area contributed by atoms with Gasteiger partial charge in [-0.2, -0.15) is 0 Å². The SMILES string of the molecule is CCCCSC(=O)c1ccc(C=O)cc1. The van der Waals surface area contributed by atoms with Crippen molar-refractivity contribution >= 4 is 23.2 Å². The van der Waals surface area contributed by atoms with Gasteiger partial charge in [0.2, 0.25) is 5.12 Å². The number of carbonyl (C=O) groups excluding carboxylic acids is 2. The largest absolute Gasteiger partial charge is 0.298 e. The molecule has 1 aromatic rings. The molecule has 3 heteroatoms. The van der Waals surface area contributed by atoms with Crippen molar-refractivity contribution in [3.8, 4) is 0 Å². The first-order valence-corrected chi connectivity index (χ1v) is 5.99. The number of aldehydes is 1. The topological polar surface area (TPSA) is 34.1 Å². The maximum Gasteiger partial charge on any atom is 0.219 e. The maximum absolute atomic E-state index is 11.6. The molecule has 1 aromatic carbocycles. The lowest BCUT2D eigenvalue weighted by molar-refractivity contribution is 0.108.